The molecule has 1 fully saturated rings. The van der Waals surface area contributed by atoms with Crippen LogP contribution in [0, 0.1) is 11.6 Å². The van der Waals surface area contributed by atoms with Crippen LogP contribution < -0.4 is 5.32 Å². The molecule has 1 aromatic heterocycles. The zero-order chi connectivity index (χ0) is 23.1. The molecule has 1 aromatic carbocycles. The van der Waals surface area contributed by atoms with Gasteiger partial charge in [-0.1, -0.05) is 0 Å². The van der Waals surface area contributed by atoms with Crippen LogP contribution >= 0.6 is 0 Å². The molecule has 1 saturated heterocycles. The van der Waals surface area contributed by atoms with Gasteiger partial charge in [-0.2, -0.15) is 18.3 Å². The number of ether oxygens (including phenoxy) is 1. The van der Waals surface area contributed by atoms with E-state index in [9.17, 15) is 31.5 Å². The van der Waals surface area contributed by atoms with Crippen molar-refractivity contribution in [2.75, 3.05) is 19.6 Å². The summed E-state index contributed by atoms with van der Waals surface area (Å²) < 4.78 is 71.4. The number of fused-ring (bicyclic) bond motifs is 1. The van der Waals surface area contributed by atoms with Gasteiger partial charge in [0.15, 0.2) is 0 Å². The van der Waals surface area contributed by atoms with Crippen LogP contribution in [0.5, 0.6) is 0 Å². The Morgan fingerprint density at radius 3 is 2.42 bits per heavy atom. The smallest absolute Gasteiger partial charge is 0.410 e. The van der Waals surface area contributed by atoms with Crippen LogP contribution in [0.1, 0.15) is 32.4 Å². The summed E-state index contributed by atoms with van der Waals surface area (Å²) in [5, 5.41) is 5.81. The summed E-state index contributed by atoms with van der Waals surface area (Å²) in [5.41, 5.74) is -0.564. The molecule has 31 heavy (non-hydrogen) atoms. The first-order valence-electron chi connectivity index (χ1n) is 9.40. The maximum absolute atomic E-state index is 14.5. The van der Waals surface area contributed by atoms with Crippen LogP contribution in [0.25, 0.3) is 10.9 Å². The third kappa shape index (κ3) is 5.42. The van der Waals surface area contributed by atoms with Crippen molar-refractivity contribution >= 4 is 22.9 Å². The number of benzene rings is 1. The number of hydrogen-bond donors (Lipinski definition) is 1. The number of halogens is 5. The first kappa shape index (κ1) is 22.8. The molecule has 1 aliphatic heterocycles. The van der Waals surface area contributed by atoms with Crippen molar-refractivity contribution in [1.82, 2.24) is 20.0 Å². The molecule has 0 aliphatic carbocycles. The highest BCUT2D eigenvalue weighted by atomic mass is 19.4. The molecular formula is C19H21F5N4O3. The van der Waals surface area contributed by atoms with E-state index < -0.39 is 54.4 Å². The van der Waals surface area contributed by atoms with E-state index in [-0.39, 0.29) is 29.7 Å². The number of carbonyl (C=O) groups is 2. The minimum atomic E-state index is -4.59. The fourth-order valence-corrected chi connectivity index (χ4v) is 3.18. The van der Waals surface area contributed by atoms with Crippen LogP contribution in [-0.4, -0.2) is 58.1 Å². The third-order valence-corrected chi connectivity index (χ3v) is 4.50. The van der Waals surface area contributed by atoms with Crippen molar-refractivity contribution in [2.24, 2.45) is 0 Å². The van der Waals surface area contributed by atoms with Crippen molar-refractivity contribution in [3.05, 3.63) is 29.5 Å². The van der Waals surface area contributed by atoms with Crippen LogP contribution in [-0.2, 0) is 16.1 Å². The molecule has 0 atom stereocenters. The van der Waals surface area contributed by atoms with E-state index in [0.29, 0.717) is 6.07 Å². The number of nitrogens with zero attached hydrogens (tertiary/aromatic N) is 3. The molecule has 12 heteroatoms. The second-order valence-corrected chi connectivity index (χ2v) is 8.30. The summed E-state index contributed by atoms with van der Waals surface area (Å²) in [6.07, 6.45) is -5.15. The molecular weight excluding hydrogens is 427 g/mol. The normalized spacial score (nSPS) is 15.2. The fourth-order valence-electron chi connectivity index (χ4n) is 3.18. The summed E-state index contributed by atoms with van der Waals surface area (Å²) in [7, 11) is 0. The van der Waals surface area contributed by atoms with Crippen molar-refractivity contribution in [2.45, 2.75) is 45.0 Å². The molecule has 0 spiro atoms. The van der Waals surface area contributed by atoms with E-state index in [1.807, 2.05) is 0 Å². The van der Waals surface area contributed by atoms with E-state index >= 15 is 0 Å². The lowest BCUT2D eigenvalue weighted by Gasteiger charge is -2.39. The molecule has 2 heterocycles. The Balaban J connectivity index is 1.82. The summed E-state index contributed by atoms with van der Waals surface area (Å²) >= 11 is 0. The van der Waals surface area contributed by atoms with Gasteiger partial charge in [0.1, 0.15) is 30.3 Å². The van der Waals surface area contributed by atoms with Crippen LogP contribution in [0.15, 0.2) is 12.1 Å². The summed E-state index contributed by atoms with van der Waals surface area (Å²) in [4.78, 5) is 25.4. The third-order valence-electron chi connectivity index (χ3n) is 4.50. The molecule has 0 bridgehead atoms. The van der Waals surface area contributed by atoms with Gasteiger partial charge in [-0.05, 0) is 20.8 Å². The molecule has 0 unspecified atom stereocenters. The van der Waals surface area contributed by atoms with Gasteiger partial charge in [-0.15, -0.1) is 0 Å². The van der Waals surface area contributed by atoms with Crippen molar-refractivity contribution < 1.29 is 36.3 Å². The number of aromatic nitrogens is 2. The minimum Gasteiger partial charge on any atom is -0.444 e. The van der Waals surface area contributed by atoms with Crippen molar-refractivity contribution in [3.8, 4) is 0 Å². The lowest BCUT2D eigenvalue weighted by atomic mass is 9.94. The monoisotopic (exact) mass is 448 g/mol. The molecule has 7 nitrogen and oxygen atoms in total. The maximum atomic E-state index is 14.5. The average molecular weight is 448 g/mol. The van der Waals surface area contributed by atoms with E-state index in [0.717, 1.165) is 10.7 Å². The first-order valence-corrected chi connectivity index (χ1v) is 9.40. The highest BCUT2D eigenvalue weighted by Crippen LogP contribution is 2.34. The largest absolute Gasteiger partial charge is 0.444 e. The van der Waals surface area contributed by atoms with E-state index in [4.69, 9.17) is 4.74 Å². The Kier molecular flexibility index (Phi) is 5.85. The van der Waals surface area contributed by atoms with E-state index in [1.165, 1.54) is 4.90 Å². The van der Waals surface area contributed by atoms with Gasteiger partial charge in [-0.25, -0.2) is 13.6 Å². The number of carbonyl (C=O) groups excluding carboxylic acids is 2. The summed E-state index contributed by atoms with van der Waals surface area (Å²) in [5.74, 6) is -3.25. The second kappa shape index (κ2) is 7.97. The van der Waals surface area contributed by atoms with Crippen LogP contribution in [0.3, 0.4) is 0 Å². The Morgan fingerprint density at radius 1 is 1.19 bits per heavy atom. The molecule has 3 rings (SSSR count). The van der Waals surface area contributed by atoms with Crippen LogP contribution in [0.4, 0.5) is 26.7 Å². The Morgan fingerprint density at radius 2 is 1.84 bits per heavy atom. The molecule has 0 saturated carbocycles. The second-order valence-electron chi connectivity index (χ2n) is 8.30. The highest BCUT2D eigenvalue weighted by molar-refractivity contribution is 5.86. The Labute approximate surface area is 174 Å². The molecule has 0 radical (unpaired) electrons. The van der Waals surface area contributed by atoms with Gasteiger partial charge in [0.2, 0.25) is 5.91 Å². The topological polar surface area (TPSA) is 76.5 Å². The minimum absolute atomic E-state index is 0.0427. The lowest BCUT2D eigenvalue weighted by Crippen LogP contribution is -2.50. The van der Waals surface area contributed by atoms with Gasteiger partial charge in [0.25, 0.3) is 0 Å². The number of hydrogen-bond acceptors (Lipinski definition) is 4. The molecule has 2 amide bonds. The highest BCUT2D eigenvalue weighted by Gasteiger charge is 2.38. The number of alkyl halides is 3. The zero-order valence-electron chi connectivity index (χ0n) is 17.0. The van der Waals surface area contributed by atoms with E-state index in [2.05, 4.69) is 5.10 Å². The SMILES string of the molecule is CC(C)(C)OC(=O)N1CC(c2nn(CC(=O)NCC(F)(F)F)c3cc(F)cc(F)c23)C1. The summed E-state index contributed by atoms with van der Waals surface area (Å²) in [6, 6.07) is 1.61. The molecule has 170 valence electrons. The quantitative estimate of drug-likeness (QED) is 0.729. The first-order chi connectivity index (χ1) is 14.2. The van der Waals surface area contributed by atoms with Gasteiger partial charge in [0, 0.05) is 31.1 Å². The van der Waals surface area contributed by atoms with Gasteiger partial charge in [0.05, 0.1) is 16.6 Å². The van der Waals surface area contributed by atoms with E-state index in [1.54, 1.807) is 26.1 Å². The number of nitrogens with one attached hydrogen (secondary N) is 1. The number of amides is 2. The lowest BCUT2D eigenvalue weighted by molar-refractivity contribution is -0.138. The predicted octanol–water partition coefficient (Wildman–Crippen LogP) is 3.33. The molecule has 2 aromatic rings. The predicted molar refractivity (Wildman–Crippen MR) is 99.3 cm³/mol. The molecule has 1 aliphatic rings. The standard InChI is InChI=1S/C19H21F5N4O3/c1-18(2,3)31-17(30)27-6-10(7-27)16-15-12(21)4-11(20)5-13(15)28(26-16)8-14(29)25-9-19(22,23)24/h4-5,10H,6-9H2,1-3H3,(H,25,29). The van der Waals surface area contributed by atoms with Gasteiger partial charge >= 0.3 is 12.3 Å². The van der Waals surface area contributed by atoms with Gasteiger partial charge in [-0.3, -0.25) is 9.48 Å². The maximum Gasteiger partial charge on any atom is 0.410 e. The Bertz CT molecular complexity index is 1010. The average Bonchev–Trinajstić information content (AvgIpc) is 2.87. The van der Waals surface area contributed by atoms with Crippen molar-refractivity contribution in [3.63, 3.8) is 0 Å². The number of rotatable bonds is 4. The zero-order valence-corrected chi connectivity index (χ0v) is 17.0. The Hall–Kier alpha value is -2.92. The summed E-state index contributed by atoms with van der Waals surface area (Å²) in [6.45, 7) is 3.28. The fraction of sp³-hybridized carbons (Fsp3) is 0.526. The number of likely N-dealkylation sites (tertiary alicyclic amines) is 1. The van der Waals surface area contributed by atoms with Crippen LogP contribution in [0.2, 0.25) is 0 Å². The van der Waals surface area contributed by atoms with Gasteiger partial charge < -0.3 is 15.0 Å². The molecule has 1 N–H and O–H groups in total. The van der Waals surface area contributed by atoms with Crippen molar-refractivity contribution in [1.29, 1.82) is 0 Å².